The lowest BCUT2D eigenvalue weighted by Crippen LogP contribution is -2.20. The van der Waals surface area contributed by atoms with Crippen LogP contribution in [0.5, 0.6) is 0 Å². The van der Waals surface area contributed by atoms with Crippen molar-refractivity contribution in [3.63, 3.8) is 0 Å². The summed E-state index contributed by atoms with van der Waals surface area (Å²) in [6.45, 7) is 1.03. The average molecular weight is 204 g/mol. The summed E-state index contributed by atoms with van der Waals surface area (Å²) in [6.07, 6.45) is 8.77. The summed E-state index contributed by atoms with van der Waals surface area (Å²) in [5.74, 6) is 0. The van der Waals surface area contributed by atoms with Gasteiger partial charge in [0.2, 0.25) is 0 Å². The Hall–Kier alpha value is -1.88. The first kappa shape index (κ1) is 9.67. The van der Waals surface area contributed by atoms with Crippen LogP contribution in [-0.2, 0) is 6.54 Å². The second-order valence-corrected chi connectivity index (χ2v) is 3.12. The van der Waals surface area contributed by atoms with Crippen LogP contribution in [-0.4, -0.2) is 20.7 Å². The van der Waals surface area contributed by atoms with E-state index in [1.54, 1.807) is 33.7 Å². The van der Waals surface area contributed by atoms with Crippen LogP contribution in [0.3, 0.4) is 0 Å². The molecule has 78 valence electrons. The maximum atomic E-state index is 11.8. The van der Waals surface area contributed by atoms with Crippen molar-refractivity contribution in [2.45, 2.75) is 6.54 Å². The zero-order valence-corrected chi connectivity index (χ0v) is 8.21. The summed E-state index contributed by atoms with van der Waals surface area (Å²) >= 11 is 0. The number of fused-ring (bicyclic) bond motifs is 1. The van der Waals surface area contributed by atoms with Crippen LogP contribution in [0.4, 0.5) is 0 Å². The fourth-order valence-electron chi connectivity index (χ4n) is 1.39. The van der Waals surface area contributed by atoms with Crippen molar-refractivity contribution < 1.29 is 0 Å². The van der Waals surface area contributed by atoms with Gasteiger partial charge in [0.15, 0.2) is 0 Å². The van der Waals surface area contributed by atoms with Crippen molar-refractivity contribution >= 4 is 5.52 Å². The third-order valence-corrected chi connectivity index (χ3v) is 2.14. The molecule has 0 aliphatic rings. The number of hydrogen-bond donors (Lipinski definition) is 1. The molecule has 0 aromatic carbocycles. The fraction of sp³-hybridized carbons (Fsp3) is 0.200. The molecule has 0 radical (unpaired) electrons. The molecule has 0 unspecified atom stereocenters. The Balaban J connectivity index is 2.40. The summed E-state index contributed by atoms with van der Waals surface area (Å²) < 4.78 is 3.18. The van der Waals surface area contributed by atoms with Gasteiger partial charge in [0.1, 0.15) is 5.52 Å². The number of nitrogens with two attached hydrogens (primary N) is 1. The third-order valence-electron chi connectivity index (χ3n) is 2.14. The second-order valence-electron chi connectivity index (χ2n) is 3.12. The van der Waals surface area contributed by atoms with Crippen LogP contribution in [0, 0.1) is 0 Å². The molecule has 0 bridgehead atoms. The molecule has 2 aromatic heterocycles. The molecule has 0 saturated carbocycles. The zero-order valence-electron chi connectivity index (χ0n) is 8.21. The number of allylic oxidation sites excluding steroid dienone is 1. The van der Waals surface area contributed by atoms with Crippen molar-refractivity contribution in [1.29, 1.82) is 0 Å². The van der Waals surface area contributed by atoms with Gasteiger partial charge < -0.3 is 10.3 Å². The summed E-state index contributed by atoms with van der Waals surface area (Å²) in [5, 5.41) is 3.98. The molecule has 15 heavy (non-hydrogen) atoms. The van der Waals surface area contributed by atoms with Crippen molar-refractivity contribution in [3.8, 4) is 0 Å². The maximum absolute atomic E-state index is 11.8. The summed E-state index contributed by atoms with van der Waals surface area (Å²) in [4.78, 5) is 11.8. The van der Waals surface area contributed by atoms with E-state index in [1.165, 1.54) is 0 Å². The van der Waals surface area contributed by atoms with Crippen LogP contribution in [0.25, 0.3) is 5.52 Å². The Morgan fingerprint density at radius 3 is 3.07 bits per heavy atom. The Kier molecular flexibility index (Phi) is 2.64. The fourth-order valence-corrected chi connectivity index (χ4v) is 1.39. The minimum atomic E-state index is -0.0447. The van der Waals surface area contributed by atoms with Crippen LogP contribution in [0.1, 0.15) is 0 Å². The van der Waals surface area contributed by atoms with E-state index >= 15 is 0 Å². The van der Waals surface area contributed by atoms with Gasteiger partial charge in [-0.3, -0.25) is 4.79 Å². The number of nitrogens with zero attached hydrogens (tertiary/aromatic N) is 3. The molecule has 2 N–H and O–H groups in total. The van der Waals surface area contributed by atoms with Crippen LogP contribution >= 0.6 is 0 Å². The lowest BCUT2D eigenvalue weighted by molar-refractivity contribution is 0.758. The molecular formula is C10H12N4O. The van der Waals surface area contributed by atoms with Crippen LogP contribution < -0.4 is 11.3 Å². The average Bonchev–Trinajstić information content (AvgIpc) is 2.70. The largest absolute Gasteiger partial charge is 0.327 e. The smallest absolute Gasteiger partial charge is 0.276 e. The summed E-state index contributed by atoms with van der Waals surface area (Å²) in [7, 11) is 0. The van der Waals surface area contributed by atoms with E-state index in [2.05, 4.69) is 5.10 Å². The van der Waals surface area contributed by atoms with E-state index in [1.807, 2.05) is 12.2 Å². The van der Waals surface area contributed by atoms with Crippen LogP contribution in [0.15, 0.2) is 41.6 Å². The van der Waals surface area contributed by atoms with Gasteiger partial charge in [0, 0.05) is 25.5 Å². The van der Waals surface area contributed by atoms with E-state index in [4.69, 9.17) is 5.73 Å². The topological polar surface area (TPSA) is 65.3 Å². The predicted octanol–water partition coefficient (Wildman–Crippen LogP) is 0.0109. The Bertz CT molecular complexity index is 538. The molecule has 2 rings (SSSR count). The van der Waals surface area contributed by atoms with Gasteiger partial charge in [-0.25, -0.2) is 4.52 Å². The normalized spacial score (nSPS) is 11.5. The predicted molar refractivity (Wildman–Crippen MR) is 57.6 cm³/mol. The minimum Gasteiger partial charge on any atom is -0.327 e. The molecule has 0 aliphatic carbocycles. The molecule has 2 heterocycles. The monoisotopic (exact) mass is 204 g/mol. The molecular weight excluding hydrogens is 192 g/mol. The quantitative estimate of drug-likeness (QED) is 0.716. The molecule has 0 amide bonds. The maximum Gasteiger partial charge on any atom is 0.276 e. The van der Waals surface area contributed by atoms with E-state index in [0.29, 0.717) is 18.6 Å². The molecule has 0 atom stereocenters. The van der Waals surface area contributed by atoms with Gasteiger partial charge in [0.05, 0.1) is 6.20 Å². The molecule has 0 aliphatic heterocycles. The molecule has 0 spiro atoms. The lowest BCUT2D eigenvalue weighted by atomic mass is 10.4. The zero-order chi connectivity index (χ0) is 10.7. The van der Waals surface area contributed by atoms with Crippen LogP contribution in [0.2, 0.25) is 0 Å². The van der Waals surface area contributed by atoms with Gasteiger partial charge in [-0.1, -0.05) is 12.2 Å². The highest BCUT2D eigenvalue weighted by Crippen LogP contribution is 1.94. The molecule has 5 heteroatoms. The molecule has 0 saturated heterocycles. The Morgan fingerprint density at radius 2 is 2.27 bits per heavy atom. The van der Waals surface area contributed by atoms with Crippen molar-refractivity contribution in [2.24, 2.45) is 5.73 Å². The molecule has 2 aromatic rings. The highest BCUT2D eigenvalue weighted by Gasteiger charge is 2.00. The summed E-state index contributed by atoms with van der Waals surface area (Å²) in [5.41, 5.74) is 5.85. The first-order chi connectivity index (χ1) is 7.33. The standard InChI is InChI=1S/C10H12N4O/c11-4-1-2-6-13-7-8-14-9(10(13)15)3-5-12-14/h1-3,5,7-8H,4,6,11H2/b2-1+. The van der Waals surface area contributed by atoms with Crippen molar-refractivity contribution in [2.75, 3.05) is 6.54 Å². The van der Waals surface area contributed by atoms with Crippen molar-refractivity contribution in [1.82, 2.24) is 14.2 Å². The third kappa shape index (κ3) is 1.82. The Labute approximate surface area is 86.4 Å². The lowest BCUT2D eigenvalue weighted by Gasteiger charge is -2.01. The number of aromatic nitrogens is 3. The minimum absolute atomic E-state index is 0.0447. The highest BCUT2D eigenvalue weighted by molar-refractivity contribution is 5.42. The highest BCUT2D eigenvalue weighted by atomic mass is 16.1. The molecule has 5 nitrogen and oxygen atoms in total. The van der Waals surface area contributed by atoms with Gasteiger partial charge in [-0.15, -0.1) is 0 Å². The summed E-state index contributed by atoms with van der Waals surface area (Å²) in [6, 6.07) is 1.70. The van der Waals surface area contributed by atoms with Gasteiger partial charge in [-0.05, 0) is 6.07 Å². The van der Waals surface area contributed by atoms with Gasteiger partial charge in [-0.2, -0.15) is 5.10 Å². The first-order valence-electron chi connectivity index (χ1n) is 4.71. The Morgan fingerprint density at radius 1 is 1.40 bits per heavy atom. The first-order valence-corrected chi connectivity index (χ1v) is 4.71. The number of hydrogen-bond acceptors (Lipinski definition) is 3. The van der Waals surface area contributed by atoms with Gasteiger partial charge in [0.25, 0.3) is 5.56 Å². The molecule has 0 fully saturated rings. The van der Waals surface area contributed by atoms with Crippen molar-refractivity contribution in [3.05, 3.63) is 47.2 Å². The van der Waals surface area contributed by atoms with E-state index in [-0.39, 0.29) is 5.56 Å². The SMILES string of the molecule is NC/C=C/Cn1ccn2nccc2c1=O. The number of rotatable bonds is 3. The van der Waals surface area contributed by atoms with E-state index < -0.39 is 0 Å². The second kappa shape index (κ2) is 4.10. The van der Waals surface area contributed by atoms with Gasteiger partial charge >= 0.3 is 0 Å². The van der Waals surface area contributed by atoms with E-state index in [9.17, 15) is 4.79 Å². The van der Waals surface area contributed by atoms with E-state index in [0.717, 1.165) is 0 Å².